The van der Waals surface area contributed by atoms with Gasteiger partial charge < -0.3 is 10.6 Å². The summed E-state index contributed by atoms with van der Waals surface area (Å²) >= 11 is 0. The van der Waals surface area contributed by atoms with Crippen LogP contribution in [-0.4, -0.2) is 66.3 Å². The number of hydrogen-bond acceptors (Lipinski definition) is 8. The Bertz CT molecular complexity index is 1830. The Labute approximate surface area is 274 Å². The van der Waals surface area contributed by atoms with Crippen molar-refractivity contribution in [1.82, 2.24) is 29.9 Å². The van der Waals surface area contributed by atoms with E-state index in [0.29, 0.717) is 47.7 Å². The molecular weight excluding hydrogens is 592 g/mol. The second kappa shape index (κ2) is 15.2. The van der Waals surface area contributed by atoms with Gasteiger partial charge in [-0.3, -0.25) is 39.3 Å². The van der Waals surface area contributed by atoms with Gasteiger partial charge in [-0.25, -0.2) is 0 Å². The Morgan fingerprint density at radius 2 is 1.47 bits per heavy atom. The van der Waals surface area contributed by atoms with Gasteiger partial charge in [0.25, 0.3) is 11.8 Å². The van der Waals surface area contributed by atoms with Gasteiger partial charge in [0.2, 0.25) is 0 Å². The van der Waals surface area contributed by atoms with Gasteiger partial charge in [0.15, 0.2) is 5.82 Å². The third-order valence-corrected chi connectivity index (χ3v) is 7.29. The van der Waals surface area contributed by atoms with Gasteiger partial charge >= 0.3 is 0 Å². The summed E-state index contributed by atoms with van der Waals surface area (Å²) in [5.74, 6) is 1.93. The number of rotatable bonds is 10. The van der Waals surface area contributed by atoms with Gasteiger partial charge in [0.05, 0.1) is 24.5 Å². The summed E-state index contributed by atoms with van der Waals surface area (Å²) in [6, 6.07) is 11.2. The van der Waals surface area contributed by atoms with Crippen molar-refractivity contribution in [2.24, 2.45) is 28.9 Å². The standard InChI is InChI=1S/C18H21N5O.C17H19N5O/c1-12(2)8-15-9-14(11-20-15)18(24)21-17-10-16(22-23(17)3)13-4-6-19-7-5-13;1-11(2)6-14-7-13(10-19-14)17(23)20-16-8-15(21-22-16)12-4-3-5-18-9-12/h4-7,9-10,12H,8,11H2,1-3H3,(H,21,24);3-5,7-9,11H,6,10H2,1-2H3,(H2,20,21,22,23). The van der Waals surface area contributed by atoms with Crippen LogP contribution >= 0.6 is 0 Å². The van der Waals surface area contributed by atoms with Crippen LogP contribution in [0.1, 0.15) is 40.5 Å². The minimum Gasteiger partial charge on any atom is -0.307 e. The summed E-state index contributed by atoms with van der Waals surface area (Å²) in [5.41, 5.74) is 6.84. The quantitative estimate of drug-likeness (QED) is 0.204. The van der Waals surface area contributed by atoms with E-state index in [1.165, 1.54) is 0 Å². The molecule has 12 heteroatoms. The molecule has 4 aromatic rings. The van der Waals surface area contributed by atoms with E-state index < -0.39 is 0 Å². The highest BCUT2D eigenvalue weighted by Gasteiger charge is 2.19. The van der Waals surface area contributed by atoms with E-state index in [4.69, 9.17) is 0 Å². The molecular formula is C35H40N10O2. The summed E-state index contributed by atoms with van der Waals surface area (Å²) in [6.45, 7) is 9.45. The number of aromatic amines is 1. The lowest BCUT2D eigenvalue weighted by Gasteiger charge is -2.04. The molecule has 6 rings (SSSR count). The van der Waals surface area contributed by atoms with E-state index in [-0.39, 0.29) is 11.8 Å². The summed E-state index contributed by atoms with van der Waals surface area (Å²) < 4.78 is 1.67. The highest BCUT2D eigenvalue weighted by Crippen LogP contribution is 2.22. The van der Waals surface area contributed by atoms with Crippen molar-refractivity contribution in [2.75, 3.05) is 23.7 Å². The number of pyridine rings is 2. The zero-order chi connectivity index (χ0) is 33.3. The normalized spacial score (nSPS) is 13.9. The fourth-order valence-electron chi connectivity index (χ4n) is 5.01. The first-order valence-corrected chi connectivity index (χ1v) is 15.6. The largest absolute Gasteiger partial charge is 0.307 e. The van der Waals surface area contributed by atoms with Crippen LogP contribution < -0.4 is 10.6 Å². The van der Waals surface area contributed by atoms with Crippen LogP contribution in [0.3, 0.4) is 0 Å². The van der Waals surface area contributed by atoms with Gasteiger partial charge in [0.1, 0.15) is 5.82 Å². The van der Waals surface area contributed by atoms with Crippen molar-refractivity contribution >= 4 is 34.9 Å². The van der Waals surface area contributed by atoms with Gasteiger partial charge in [-0.05, 0) is 61.1 Å². The molecule has 0 unspecified atom stereocenters. The number of anilines is 2. The van der Waals surface area contributed by atoms with Crippen molar-refractivity contribution in [2.45, 2.75) is 40.5 Å². The average Bonchev–Trinajstić information content (AvgIpc) is 3.87. The number of aromatic nitrogens is 6. The molecule has 2 aliphatic rings. The van der Waals surface area contributed by atoms with Crippen LogP contribution in [0.4, 0.5) is 11.6 Å². The van der Waals surface area contributed by atoms with Crippen molar-refractivity contribution in [3.8, 4) is 22.5 Å². The molecule has 0 spiro atoms. The maximum atomic E-state index is 12.4. The van der Waals surface area contributed by atoms with Gasteiger partial charge in [-0.15, -0.1) is 0 Å². The number of H-pyrrole nitrogens is 1. The second-order valence-corrected chi connectivity index (χ2v) is 12.2. The van der Waals surface area contributed by atoms with Crippen molar-refractivity contribution in [3.05, 3.63) is 84.5 Å². The molecule has 242 valence electrons. The number of allylic oxidation sites excluding steroid dienone is 2. The zero-order valence-electron chi connectivity index (χ0n) is 27.4. The number of nitrogens with one attached hydrogen (secondary N) is 3. The van der Waals surface area contributed by atoms with E-state index in [2.05, 4.69) is 73.6 Å². The topological polar surface area (TPSA) is 155 Å². The monoisotopic (exact) mass is 632 g/mol. The van der Waals surface area contributed by atoms with Crippen molar-refractivity contribution < 1.29 is 9.59 Å². The van der Waals surface area contributed by atoms with E-state index in [9.17, 15) is 9.59 Å². The molecule has 6 heterocycles. The third kappa shape index (κ3) is 9.03. The van der Waals surface area contributed by atoms with Crippen LogP contribution in [0.25, 0.3) is 22.5 Å². The summed E-state index contributed by atoms with van der Waals surface area (Å²) in [4.78, 5) is 41.6. The van der Waals surface area contributed by atoms with Crippen LogP contribution in [0.2, 0.25) is 0 Å². The van der Waals surface area contributed by atoms with Crippen LogP contribution in [0, 0.1) is 11.8 Å². The molecule has 0 fully saturated rings. The molecule has 12 nitrogen and oxygen atoms in total. The van der Waals surface area contributed by atoms with E-state index in [0.717, 1.165) is 46.8 Å². The molecule has 2 aliphatic heterocycles. The molecule has 0 aromatic carbocycles. The molecule has 47 heavy (non-hydrogen) atoms. The Kier molecular flexibility index (Phi) is 10.6. The van der Waals surface area contributed by atoms with Crippen LogP contribution in [-0.2, 0) is 16.6 Å². The Morgan fingerprint density at radius 3 is 2.06 bits per heavy atom. The number of hydrogen-bond donors (Lipinski definition) is 3. The Hall–Kier alpha value is -5.52. The summed E-state index contributed by atoms with van der Waals surface area (Å²) in [5, 5.41) is 17.2. The highest BCUT2D eigenvalue weighted by atomic mass is 16.2. The van der Waals surface area contributed by atoms with Crippen LogP contribution in [0.5, 0.6) is 0 Å². The lowest BCUT2D eigenvalue weighted by atomic mass is 10.1. The molecule has 3 N–H and O–H groups in total. The average molecular weight is 633 g/mol. The fraction of sp³-hybridized carbons (Fsp3) is 0.314. The zero-order valence-corrected chi connectivity index (χ0v) is 27.4. The Morgan fingerprint density at radius 1 is 0.830 bits per heavy atom. The lowest BCUT2D eigenvalue weighted by molar-refractivity contribution is -0.113. The van der Waals surface area contributed by atoms with Gasteiger partial charge in [0, 0.05) is 77.7 Å². The molecule has 0 bridgehead atoms. The van der Waals surface area contributed by atoms with E-state index >= 15 is 0 Å². The van der Waals surface area contributed by atoms with E-state index in [1.807, 2.05) is 49.5 Å². The maximum absolute atomic E-state index is 12.4. The van der Waals surface area contributed by atoms with Crippen molar-refractivity contribution in [1.29, 1.82) is 0 Å². The maximum Gasteiger partial charge on any atom is 0.254 e. The van der Waals surface area contributed by atoms with Gasteiger partial charge in [-0.1, -0.05) is 27.7 Å². The smallest absolute Gasteiger partial charge is 0.254 e. The molecule has 0 radical (unpaired) electrons. The third-order valence-electron chi connectivity index (χ3n) is 7.29. The number of carbonyl (C=O) groups excluding carboxylic acids is 2. The first-order chi connectivity index (χ1) is 22.6. The summed E-state index contributed by atoms with van der Waals surface area (Å²) in [7, 11) is 1.81. The lowest BCUT2D eigenvalue weighted by Crippen LogP contribution is -2.17. The van der Waals surface area contributed by atoms with Crippen molar-refractivity contribution in [3.63, 3.8) is 0 Å². The predicted molar refractivity (Wildman–Crippen MR) is 185 cm³/mol. The molecule has 0 saturated heterocycles. The first kappa shape index (κ1) is 32.9. The number of aliphatic imine (C=N–C) groups is 2. The fourth-order valence-corrected chi connectivity index (χ4v) is 5.01. The SMILES string of the molecule is CC(C)CC1=NCC(C(=O)Nc2cc(-c3cccnc3)[nH]n2)=C1.CC(C)CC1=NCC(C(=O)Nc2cc(-c3ccncc3)nn2C)=C1. The van der Waals surface area contributed by atoms with Crippen LogP contribution in [0.15, 0.2) is 94.5 Å². The predicted octanol–water partition coefficient (Wildman–Crippen LogP) is 5.69. The number of carbonyl (C=O) groups is 2. The molecule has 0 saturated carbocycles. The highest BCUT2D eigenvalue weighted by molar-refractivity contribution is 6.12. The van der Waals surface area contributed by atoms with Gasteiger partial charge in [-0.2, -0.15) is 10.2 Å². The minimum atomic E-state index is -0.156. The number of amides is 2. The molecule has 4 aromatic heterocycles. The number of aryl methyl sites for hydroxylation is 1. The Balaban J connectivity index is 0.000000185. The second-order valence-electron chi connectivity index (χ2n) is 12.2. The van der Waals surface area contributed by atoms with E-state index in [1.54, 1.807) is 35.5 Å². The molecule has 0 atom stereocenters. The first-order valence-electron chi connectivity index (χ1n) is 15.6. The molecule has 0 aliphatic carbocycles. The molecule has 2 amide bonds. The minimum absolute atomic E-state index is 0.123. The number of nitrogens with zero attached hydrogens (tertiary/aromatic N) is 7. The summed E-state index contributed by atoms with van der Waals surface area (Å²) in [6.07, 6.45) is 12.5.